The third-order valence-corrected chi connectivity index (χ3v) is 3.22. The highest BCUT2D eigenvalue weighted by molar-refractivity contribution is 5.99. The van der Waals surface area contributed by atoms with E-state index in [0.29, 0.717) is 17.3 Å². The first-order chi connectivity index (χ1) is 8.75. The number of carbonyl (C=O) groups is 1. The van der Waals surface area contributed by atoms with E-state index in [0.717, 1.165) is 11.3 Å². The summed E-state index contributed by atoms with van der Waals surface area (Å²) >= 11 is 0. The Morgan fingerprint density at radius 2 is 2.00 bits per heavy atom. The van der Waals surface area contributed by atoms with Crippen LogP contribution in [-0.4, -0.2) is 15.8 Å². The second-order valence-electron chi connectivity index (χ2n) is 4.68. The molecule has 1 aromatic carbocycles. The molecule has 0 bridgehead atoms. The number of hydrogen-bond acceptors (Lipinski definition) is 3. The van der Waals surface area contributed by atoms with Gasteiger partial charge in [0.05, 0.1) is 0 Å². The van der Waals surface area contributed by atoms with Gasteiger partial charge >= 0.3 is 0 Å². The average Bonchev–Trinajstić information content (AvgIpc) is 3.23. The molecule has 0 unspecified atom stereocenters. The van der Waals surface area contributed by atoms with Gasteiger partial charge in [-0.2, -0.15) is 0 Å². The fourth-order valence-corrected chi connectivity index (χ4v) is 2.09. The number of rotatable bonds is 3. The molecular formula is C15H14N2O. The lowest BCUT2D eigenvalue weighted by atomic mass is 10.0. The lowest BCUT2D eigenvalue weighted by Gasteiger charge is -2.06. The predicted molar refractivity (Wildman–Crippen MR) is 69.4 cm³/mol. The van der Waals surface area contributed by atoms with Gasteiger partial charge in [0.25, 0.3) is 0 Å². The van der Waals surface area contributed by atoms with Crippen molar-refractivity contribution in [3.8, 4) is 11.4 Å². The molecule has 1 fully saturated rings. The van der Waals surface area contributed by atoms with E-state index >= 15 is 0 Å². The van der Waals surface area contributed by atoms with E-state index in [1.54, 1.807) is 13.1 Å². The summed E-state index contributed by atoms with van der Waals surface area (Å²) in [5.74, 6) is 1.30. The number of aromatic nitrogens is 2. The van der Waals surface area contributed by atoms with Crippen LogP contribution >= 0.6 is 0 Å². The van der Waals surface area contributed by atoms with Crippen molar-refractivity contribution in [2.45, 2.75) is 25.7 Å². The number of Topliss-reactive ketones (excluding diaryl/α,β-unsaturated/α-hetero) is 1. The summed E-state index contributed by atoms with van der Waals surface area (Å²) in [4.78, 5) is 20.5. The molecule has 1 aliphatic carbocycles. The second-order valence-corrected chi connectivity index (χ2v) is 4.68. The smallest absolute Gasteiger partial charge is 0.160 e. The van der Waals surface area contributed by atoms with Crippen LogP contribution in [0.1, 0.15) is 41.7 Å². The van der Waals surface area contributed by atoms with Crippen molar-refractivity contribution in [1.29, 1.82) is 0 Å². The van der Waals surface area contributed by atoms with Crippen molar-refractivity contribution >= 4 is 5.78 Å². The number of hydrogen-bond donors (Lipinski definition) is 0. The quantitative estimate of drug-likeness (QED) is 0.771. The summed E-state index contributed by atoms with van der Waals surface area (Å²) in [6, 6.07) is 9.48. The fourth-order valence-electron chi connectivity index (χ4n) is 2.09. The van der Waals surface area contributed by atoms with Gasteiger partial charge in [0, 0.05) is 28.9 Å². The minimum Gasteiger partial charge on any atom is -0.294 e. The molecule has 0 amide bonds. The predicted octanol–water partition coefficient (Wildman–Crippen LogP) is 3.22. The van der Waals surface area contributed by atoms with Gasteiger partial charge in [0.1, 0.15) is 0 Å². The molecule has 0 atom stereocenters. The van der Waals surface area contributed by atoms with Crippen LogP contribution < -0.4 is 0 Å². The molecular weight excluding hydrogens is 224 g/mol. The van der Waals surface area contributed by atoms with Crippen molar-refractivity contribution in [3.05, 3.63) is 47.8 Å². The first-order valence-corrected chi connectivity index (χ1v) is 6.19. The first-order valence-electron chi connectivity index (χ1n) is 6.19. The molecule has 0 radical (unpaired) electrons. The van der Waals surface area contributed by atoms with Gasteiger partial charge in [0.15, 0.2) is 11.6 Å². The van der Waals surface area contributed by atoms with Crippen molar-refractivity contribution < 1.29 is 4.79 Å². The van der Waals surface area contributed by atoms with Crippen molar-refractivity contribution in [3.63, 3.8) is 0 Å². The molecule has 1 heterocycles. The van der Waals surface area contributed by atoms with Crippen molar-refractivity contribution in [2.75, 3.05) is 0 Å². The highest BCUT2D eigenvalue weighted by Crippen LogP contribution is 2.39. The van der Waals surface area contributed by atoms with Crippen LogP contribution in [0.2, 0.25) is 0 Å². The third-order valence-electron chi connectivity index (χ3n) is 3.22. The molecule has 1 aromatic heterocycles. The van der Waals surface area contributed by atoms with E-state index < -0.39 is 0 Å². The molecule has 18 heavy (non-hydrogen) atoms. The molecule has 3 heteroatoms. The first kappa shape index (κ1) is 11.1. The van der Waals surface area contributed by atoms with Gasteiger partial charge < -0.3 is 0 Å². The van der Waals surface area contributed by atoms with Crippen LogP contribution in [0.25, 0.3) is 11.4 Å². The Balaban J connectivity index is 2.08. The standard InChI is InChI=1S/C15H14N2O/c1-10(18)12-4-2-3-5-13(12)15-16-9-8-14(17-15)11-6-7-11/h2-5,8-9,11H,6-7H2,1H3. The van der Waals surface area contributed by atoms with Gasteiger partial charge in [-0.1, -0.05) is 24.3 Å². The minimum absolute atomic E-state index is 0.0472. The summed E-state index contributed by atoms with van der Waals surface area (Å²) in [5.41, 5.74) is 2.61. The van der Waals surface area contributed by atoms with Crippen LogP contribution in [-0.2, 0) is 0 Å². The lowest BCUT2D eigenvalue weighted by molar-refractivity contribution is 0.101. The summed E-state index contributed by atoms with van der Waals surface area (Å²) in [6.45, 7) is 1.57. The van der Waals surface area contributed by atoms with Gasteiger partial charge in [-0.15, -0.1) is 0 Å². The van der Waals surface area contributed by atoms with Gasteiger partial charge in [-0.05, 0) is 25.8 Å². The maximum absolute atomic E-state index is 11.6. The van der Waals surface area contributed by atoms with Crippen LogP contribution in [0.15, 0.2) is 36.5 Å². The zero-order valence-corrected chi connectivity index (χ0v) is 10.3. The number of benzene rings is 1. The highest BCUT2D eigenvalue weighted by atomic mass is 16.1. The Labute approximate surface area is 106 Å². The summed E-state index contributed by atoms with van der Waals surface area (Å²) < 4.78 is 0. The topological polar surface area (TPSA) is 42.9 Å². The minimum atomic E-state index is 0.0472. The Bertz CT molecular complexity index is 603. The molecule has 2 aromatic rings. The van der Waals surface area contributed by atoms with E-state index in [-0.39, 0.29) is 5.78 Å². The Kier molecular flexibility index (Phi) is 2.67. The van der Waals surface area contributed by atoms with E-state index in [2.05, 4.69) is 9.97 Å². The SMILES string of the molecule is CC(=O)c1ccccc1-c1nccc(C2CC2)n1. The number of carbonyl (C=O) groups excluding carboxylic acids is 1. The van der Waals surface area contributed by atoms with Crippen LogP contribution in [0.4, 0.5) is 0 Å². The van der Waals surface area contributed by atoms with Crippen LogP contribution in [0, 0.1) is 0 Å². The molecule has 0 saturated heterocycles. The van der Waals surface area contributed by atoms with Crippen LogP contribution in [0.5, 0.6) is 0 Å². The maximum atomic E-state index is 11.6. The van der Waals surface area contributed by atoms with Crippen molar-refractivity contribution in [2.24, 2.45) is 0 Å². The number of ketones is 1. The number of nitrogens with zero attached hydrogens (tertiary/aromatic N) is 2. The van der Waals surface area contributed by atoms with Gasteiger partial charge in [0.2, 0.25) is 0 Å². The molecule has 3 nitrogen and oxygen atoms in total. The molecule has 0 spiro atoms. The lowest BCUT2D eigenvalue weighted by Crippen LogP contribution is -2.00. The maximum Gasteiger partial charge on any atom is 0.160 e. The van der Waals surface area contributed by atoms with E-state index in [1.807, 2.05) is 30.3 Å². The Morgan fingerprint density at radius 3 is 2.72 bits per heavy atom. The largest absolute Gasteiger partial charge is 0.294 e. The van der Waals surface area contributed by atoms with Gasteiger partial charge in [-0.3, -0.25) is 4.79 Å². The van der Waals surface area contributed by atoms with E-state index in [4.69, 9.17) is 0 Å². The average molecular weight is 238 g/mol. The van der Waals surface area contributed by atoms with Gasteiger partial charge in [-0.25, -0.2) is 9.97 Å². The zero-order chi connectivity index (χ0) is 12.5. The van der Waals surface area contributed by atoms with E-state index in [1.165, 1.54) is 12.8 Å². The molecule has 1 aliphatic rings. The van der Waals surface area contributed by atoms with E-state index in [9.17, 15) is 4.79 Å². The molecule has 0 N–H and O–H groups in total. The fraction of sp³-hybridized carbons (Fsp3) is 0.267. The van der Waals surface area contributed by atoms with Crippen molar-refractivity contribution in [1.82, 2.24) is 9.97 Å². The zero-order valence-electron chi connectivity index (χ0n) is 10.3. The molecule has 0 aliphatic heterocycles. The highest BCUT2D eigenvalue weighted by Gasteiger charge is 2.25. The summed E-state index contributed by atoms with van der Waals surface area (Å²) in [6.07, 6.45) is 4.21. The molecule has 90 valence electrons. The molecule has 3 rings (SSSR count). The molecule has 1 saturated carbocycles. The summed E-state index contributed by atoms with van der Waals surface area (Å²) in [7, 11) is 0. The Hall–Kier alpha value is -2.03. The Morgan fingerprint density at radius 1 is 1.22 bits per heavy atom. The normalized spacial score (nSPS) is 14.5. The third kappa shape index (κ3) is 2.04. The van der Waals surface area contributed by atoms with Crippen LogP contribution in [0.3, 0.4) is 0 Å². The second kappa shape index (κ2) is 4.33. The monoisotopic (exact) mass is 238 g/mol. The summed E-state index contributed by atoms with van der Waals surface area (Å²) in [5, 5.41) is 0.